The van der Waals surface area contributed by atoms with E-state index >= 15 is 0 Å². The van der Waals surface area contributed by atoms with Gasteiger partial charge in [0.1, 0.15) is 6.61 Å². The van der Waals surface area contributed by atoms with Crippen molar-refractivity contribution in [3.8, 4) is 0 Å². The van der Waals surface area contributed by atoms with Crippen molar-refractivity contribution in [2.45, 2.75) is 58.8 Å². The minimum atomic E-state index is -4.04. The van der Waals surface area contributed by atoms with Gasteiger partial charge < -0.3 is 24.0 Å². The molecule has 2 unspecified atom stereocenters. The van der Waals surface area contributed by atoms with Crippen molar-refractivity contribution in [1.82, 2.24) is 0 Å². The largest absolute Gasteiger partial charge is 0.458 e. The van der Waals surface area contributed by atoms with Crippen LogP contribution in [0.1, 0.15) is 58.3 Å². The van der Waals surface area contributed by atoms with Crippen molar-refractivity contribution in [2.75, 3.05) is 32.2 Å². The van der Waals surface area contributed by atoms with Crippen LogP contribution in [0.3, 0.4) is 0 Å². The van der Waals surface area contributed by atoms with Crippen LogP contribution >= 0.6 is 19.4 Å². The average Bonchev–Trinajstić information content (AvgIpc) is 2.80. The fraction of sp³-hybridized carbons (Fsp3) is 0.538. The Morgan fingerprint density at radius 2 is 1.61 bits per heavy atom. The van der Waals surface area contributed by atoms with Gasteiger partial charge in [-0.2, -0.15) is 11.8 Å². The van der Waals surface area contributed by atoms with Crippen LogP contribution in [0.2, 0.25) is 0 Å². The molecule has 2 atom stereocenters. The number of hydrogen-bond acceptors (Lipinski definition) is 7. The zero-order valence-corrected chi connectivity index (χ0v) is 24.1. The van der Waals surface area contributed by atoms with Gasteiger partial charge in [-0.15, -0.1) is 6.58 Å². The Hall–Kier alpha value is -1.90. The third-order valence-electron chi connectivity index (χ3n) is 3.84. The minimum absolute atomic E-state index is 0.0548. The van der Waals surface area contributed by atoms with Crippen molar-refractivity contribution in [3.05, 3.63) is 60.2 Å². The van der Waals surface area contributed by atoms with Gasteiger partial charge in [-0.3, -0.25) is 9.36 Å². The van der Waals surface area contributed by atoms with Gasteiger partial charge in [0.05, 0.1) is 19.2 Å². The van der Waals surface area contributed by atoms with E-state index in [4.69, 9.17) is 24.0 Å². The molecule has 0 radical (unpaired) electrons. The molecule has 206 valence electrons. The highest BCUT2D eigenvalue weighted by Crippen LogP contribution is 2.38. The maximum atomic E-state index is 12.5. The topological polar surface area (TPSA) is 119 Å². The molecule has 0 aliphatic heterocycles. The van der Waals surface area contributed by atoms with E-state index in [1.165, 1.54) is 31.4 Å². The number of hydrogen-bond donors (Lipinski definition) is 2. The van der Waals surface area contributed by atoms with Crippen molar-refractivity contribution < 1.29 is 38.2 Å². The summed E-state index contributed by atoms with van der Waals surface area (Å²) in [4.78, 5) is 42.1. The summed E-state index contributed by atoms with van der Waals surface area (Å²) >= 11 is 1.43. The van der Waals surface area contributed by atoms with Crippen LogP contribution in [-0.2, 0) is 28.4 Å². The monoisotopic (exact) mass is 546 g/mol. The Labute approximate surface area is 220 Å². The molecular formula is C26H43O8PS. The highest BCUT2D eigenvalue weighted by atomic mass is 32.2. The van der Waals surface area contributed by atoms with Gasteiger partial charge in [0.15, 0.2) is 6.10 Å². The number of allylic oxidation sites excluding steroid dienone is 1. The van der Waals surface area contributed by atoms with Crippen molar-refractivity contribution in [2.24, 2.45) is 0 Å². The van der Waals surface area contributed by atoms with E-state index < -0.39 is 25.6 Å². The SMILES string of the molecule is C=C(C)C.C=C(C)C(=O)OCC(COC)OC(=O)CC(SCCCP(=O)(O)O)c1ccccc1.CC. The van der Waals surface area contributed by atoms with E-state index in [0.29, 0.717) is 12.2 Å². The van der Waals surface area contributed by atoms with Crippen molar-refractivity contribution in [3.63, 3.8) is 0 Å². The van der Waals surface area contributed by atoms with Crippen LogP contribution in [0.4, 0.5) is 0 Å². The molecule has 1 aromatic rings. The second-order valence-corrected chi connectivity index (χ2v) is 11.0. The molecule has 0 aromatic heterocycles. The first kappa shape index (κ1) is 36.3. The average molecular weight is 547 g/mol. The van der Waals surface area contributed by atoms with Gasteiger partial charge in [-0.1, -0.05) is 56.3 Å². The van der Waals surface area contributed by atoms with E-state index in [9.17, 15) is 14.2 Å². The molecule has 0 saturated heterocycles. The number of rotatable bonds is 14. The molecule has 0 fully saturated rings. The molecule has 0 saturated carbocycles. The predicted molar refractivity (Wildman–Crippen MR) is 147 cm³/mol. The molecule has 10 heteroatoms. The molecule has 0 spiro atoms. The third kappa shape index (κ3) is 21.4. The zero-order chi connectivity index (χ0) is 28.1. The molecule has 0 heterocycles. The molecule has 1 rings (SSSR count). The third-order valence-corrected chi connectivity index (χ3v) is 6.10. The Morgan fingerprint density at radius 1 is 1.06 bits per heavy atom. The van der Waals surface area contributed by atoms with Crippen LogP contribution in [-0.4, -0.2) is 60.1 Å². The molecule has 36 heavy (non-hydrogen) atoms. The standard InChI is InChI=1S/C20H29O8PS.C4H8.C2H6/c1-15(2)20(22)27-14-17(13-26-3)28-19(21)12-18(16-8-5-4-6-9-16)30-11-7-10-29(23,24)25;1-4(2)3;1-2/h4-6,8-9,17-18H,1,7,10-14H2,2-3H3,(H2,23,24,25);1H2,2-3H3;1-2H3. The lowest BCUT2D eigenvalue weighted by molar-refractivity contribution is -0.160. The summed E-state index contributed by atoms with van der Waals surface area (Å²) in [6.07, 6.45) is -0.562. The maximum absolute atomic E-state index is 12.5. The first-order valence-corrected chi connectivity index (χ1v) is 14.5. The fourth-order valence-electron chi connectivity index (χ4n) is 2.42. The molecule has 0 aliphatic rings. The van der Waals surface area contributed by atoms with Gasteiger partial charge in [-0.25, -0.2) is 4.79 Å². The predicted octanol–water partition coefficient (Wildman–Crippen LogP) is 5.70. The first-order chi connectivity index (χ1) is 16.9. The van der Waals surface area contributed by atoms with E-state index in [0.717, 1.165) is 5.56 Å². The summed E-state index contributed by atoms with van der Waals surface area (Å²) < 4.78 is 26.5. The van der Waals surface area contributed by atoms with Crippen LogP contribution in [0.25, 0.3) is 0 Å². The van der Waals surface area contributed by atoms with Crippen LogP contribution < -0.4 is 0 Å². The molecule has 8 nitrogen and oxygen atoms in total. The molecule has 0 bridgehead atoms. The Kier molecular flexibility index (Phi) is 21.4. The lowest BCUT2D eigenvalue weighted by Crippen LogP contribution is -2.29. The van der Waals surface area contributed by atoms with Gasteiger partial charge >= 0.3 is 19.5 Å². The van der Waals surface area contributed by atoms with Crippen LogP contribution in [0.5, 0.6) is 0 Å². The summed E-state index contributed by atoms with van der Waals surface area (Å²) in [6.45, 7) is 16.4. The number of carbonyl (C=O) groups is 2. The Bertz CT molecular complexity index is 818. The molecule has 1 aromatic carbocycles. The number of ether oxygens (including phenoxy) is 3. The Morgan fingerprint density at radius 3 is 2.08 bits per heavy atom. The van der Waals surface area contributed by atoms with E-state index in [-0.39, 0.29) is 36.6 Å². The van der Waals surface area contributed by atoms with Crippen molar-refractivity contribution >= 4 is 31.3 Å². The molecule has 0 aliphatic carbocycles. The fourth-order valence-corrected chi connectivity index (χ4v) is 4.40. The first-order valence-electron chi connectivity index (χ1n) is 11.7. The number of carbonyl (C=O) groups excluding carboxylic acids is 2. The lowest BCUT2D eigenvalue weighted by Gasteiger charge is -2.20. The van der Waals surface area contributed by atoms with E-state index in [2.05, 4.69) is 13.2 Å². The van der Waals surface area contributed by atoms with Crippen molar-refractivity contribution in [1.29, 1.82) is 0 Å². The normalized spacial score (nSPS) is 12.0. The van der Waals surface area contributed by atoms with Gasteiger partial charge in [0.25, 0.3) is 0 Å². The van der Waals surface area contributed by atoms with Crippen LogP contribution in [0, 0.1) is 0 Å². The highest BCUT2D eigenvalue weighted by Gasteiger charge is 2.22. The lowest BCUT2D eigenvalue weighted by atomic mass is 10.1. The summed E-state index contributed by atoms with van der Waals surface area (Å²) in [5.41, 5.74) is 2.32. The smallest absolute Gasteiger partial charge is 0.333 e. The molecule has 0 amide bonds. The molecular weight excluding hydrogens is 503 g/mol. The van der Waals surface area contributed by atoms with Gasteiger partial charge in [-0.05, 0) is 38.5 Å². The summed E-state index contributed by atoms with van der Waals surface area (Å²) in [5, 5.41) is -0.239. The minimum Gasteiger partial charge on any atom is -0.458 e. The van der Waals surface area contributed by atoms with E-state index in [1.807, 2.05) is 58.0 Å². The highest BCUT2D eigenvalue weighted by molar-refractivity contribution is 7.99. The van der Waals surface area contributed by atoms with Gasteiger partial charge in [0.2, 0.25) is 0 Å². The number of esters is 2. The summed E-state index contributed by atoms with van der Waals surface area (Å²) in [7, 11) is -2.59. The zero-order valence-electron chi connectivity index (χ0n) is 22.4. The Balaban J connectivity index is 0. The molecule has 2 N–H and O–H groups in total. The second-order valence-electron chi connectivity index (χ2n) is 7.87. The van der Waals surface area contributed by atoms with E-state index in [1.54, 1.807) is 0 Å². The second kappa shape index (κ2) is 21.2. The number of thioether (sulfide) groups is 1. The quantitative estimate of drug-likeness (QED) is 0.0995. The summed E-state index contributed by atoms with van der Waals surface area (Å²) in [6, 6.07) is 9.34. The number of benzene rings is 1. The number of methoxy groups -OCH3 is 1. The van der Waals surface area contributed by atoms with Gasteiger partial charge in [0, 0.05) is 17.9 Å². The summed E-state index contributed by atoms with van der Waals surface area (Å²) in [5.74, 6) is -0.579. The maximum Gasteiger partial charge on any atom is 0.333 e. The van der Waals surface area contributed by atoms with Crippen LogP contribution in [0.15, 0.2) is 54.6 Å².